The molecule has 0 atom stereocenters. The molecule has 0 bridgehead atoms. The third-order valence-corrected chi connectivity index (χ3v) is 4.36. The van der Waals surface area contributed by atoms with Gasteiger partial charge in [-0.15, -0.1) is 0 Å². The SMILES string of the molecule is COc1ccc(C(=O)CCN2CCCCC2)c2cccnc12. The van der Waals surface area contributed by atoms with E-state index in [1.54, 1.807) is 13.3 Å². The Hall–Kier alpha value is -1.94. The number of benzene rings is 1. The molecule has 1 saturated heterocycles. The second-order valence-electron chi connectivity index (χ2n) is 5.79. The van der Waals surface area contributed by atoms with Crippen LogP contribution >= 0.6 is 0 Å². The Morgan fingerprint density at radius 2 is 2.05 bits per heavy atom. The second-order valence-corrected chi connectivity index (χ2v) is 5.79. The number of rotatable bonds is 5. The molecule has 1 fully saturated rings. The van der Waals surface area contributed by atoms with Crippen molar-refractivity contribution in [3.8, 4) is 5.75 Å². The molecular formula is C18H22N2O2. The zero-order chi connectivity index (χ0) is 15.4. The normalized spacial score (nSPS) is 15.9. The third-order valence-electron chi connectivity index (χ3n) is 4.36. The summed E-state index contributed by atoms with van der Waals surface area (Å²) in [6.07, 6.45) is 6.12. The number of methoxy groups -OCH3 is 1. The van der Waals surface area contributed by atoms with Crippen LogP contribution in [0.15, 0.2) is 30.5 Å². The van der Waals surface area contributed by atoms with Crippen molar-refractivity contribution < 1.29 is 9.53 Å². The van der Waals surface area contributed by atoms with E-state index in [9.17, 15) is 4.79 Å². The highest BCUT2D eigenvalue weighted by Gasteiger charge is 2.16. The van der Waals surface area contributed by atoms with Crippen LogP contribution in [-0.2, 0) is 0 Å². The number of likely N-dealkylation sites (tertiary alicyclic amines) is 1. The maximum absolute atomic E-state index is 12.6. The Morgan fingerprint density at radius 1 is 1.23 bits per heavy atom. The molecule has 1 aliphatic heterocycles. The van der Waals surface area contributed by atoms with Gasteiger partial charge in [0.2, 0.25) is 0 Å². The number of carbonyl (C=O) groups excluding carboxylic acids is 1. The van der Waals surface area contributed by atoms with Gasteiger partial charge < -0.3 is 9.64 Å². The summed E-state index contributed by atoms with van der Waals surface area (Å²) in [4.78, 5) is 19.4. The van der Waals surface area contributed by atoms with Gasteiger partial charge in [0.1, 0.15) is 11.3 Å². The Labute approximate surface area is 131 Å². The summed E-state index contributed by atoms with van der Waals surface area (Å²) in [5.74, 6) is 0.898. The van der Waals surface area contributed by atoms with Crippen molar-refractivity contribution >= 4 is 16.7 Å². The molecule has 116 valence electrons. The van der Waals surface area contributed by atoms with Crippen LogP contribution in [0.2, 0.25) is 0 Å². The summed E-state index contributed by atoms with van der Waals surface area (Å²) in [5, 5.41) is 0.880. The molecule has 0 amide bonds. The first kappa shape index (κ1) is 15.0. The first-order valence-electron chi connectivity index (χ1n) is 7.97. The lowest BCUT2D eigenvalue weighted by atomic mass is 10.0. The molecule has 22 heavy (non-hydrogen) atoms. The monoisotopic (exact) mass is 298 g/mol. The smallest absolute Gasteiger partial charge is 0.164 e. The highest BCUT2D eigenvalue weighted by Crippen LogP contribution is 2.27. The van der Waals surface area contributed by atoms with E-state index in [0.717, 1.165) is 36.1 Å². The van der Waals surface area contributed by atoms with Gasteiger partial charge >= 0.3 is 0 Å². The number of hydrogen-bond acceptors (Lipinski definition) is 4. The fraction of sp³-hybridized carbons (Fsp3) is 0.444. The zero-order valence-electron chi connectivity index (χ0n) is 13.0. The van der Waals surface area contributed by atoms with E-state index in [2.05, 4.69) is 9.88 Å². The Balaban J connectivity index is 1.79. The van der Waals surface area contributed by atoms with Crippen molar-refractivity contribution in [1.82, 2.24) is 9.88 Å². The molecule has 1 aliphatic rings. The van der Waals surface area contributed by atoms with Gasteiger partial charge in [0.25, 0.3) is 0 Å². The fourth-order valence-electron chi connectivity index (χ4n) is 3.13. The van der Waals surface area contributed by atoms with Crippen LogP contribution in [0.25, 0.3) is 10.9 Å². The Bertz CT molecular complexity index is 663. The van der Waals surface area contributed by atoms with E-state index in [1.165, 1.54) is 19.3 Å². The fourth-order valence-corrected chi connectivity index (χ4v) is 3.13. The second kappa shape index (κ2) is 6.88. The minimum absolute atomic E-state index is 0.186. The molecule has 0 saturated carbocycles. The number of aromatic nitrogens is 1. The molecule has 1 aromatic heterocycles. The number of piperidine rings is 1. The van der Waals surface area contributed by atoms with E-state index in [0.29, 0.717) is 12.2 Å². The average molecular weight is 298 g/mol. The number of hydrogen-bond donors (Lipinski definition) is 0. The van der Waals surface area contributed by atoms with Crippen molar-refractivity contribution in [1.29, 1.82) is 0 Å². The van der Waals surface area contributed by atoms with Gasteiger partial charge in [-0.3, -0.25) is 9.78 Å². The van der Waals surface area contributed by atoms with Crippen molar-refractivity contribution in [3.05, 3.63) is 36.0 Å². The van der Waals surface area contributed by atoms with Gasteiger partial charge in [-0.05, 0) is 44.1 Å². The lowest BCUT2D eigenvalue weighted by Crippen LogP contribution is -2.31. The minimum atomic E-state index is 0.186. The van der Waals surface area contributed by atoms with Crippen molar-refractivity contribution in [2.45, 2.75) is 25.7 Å². The quantitative estimate of drug-likeness (QED) is 0.794. The first-order chi connectivity index (χ1) is 10.8. The zero-order valence-corrected chi connectivity index (χ0v) is 13.0. The predicted molar refractivity (Wildman–Crippen MR) is 87.5 cm³/mol. The Kier molecular flexibility index (Phi) is 4.68. The van der Waals surface area contributed by atoms with Crippen molar-refractivity contribution in [2.75, 3.05) is 26.7 Å². The maximum Gasteiger partial charge on any atom is 0.164 e. The summed E-state index contributed by atoms with van der Waals surface area (Å²) < 4.78 is 5.34. The predicted octanol–water partition coefficient (Wildman–Crippen LogP) is 3.30. The first-order valence-corrected chi connectivity index (χ1v) is 7.97. The summed E-state index contributed by atoms with van der Waals surface area (Å²) in [5.41, 5.74) is 1.51. The molecule has 2 aromatic rings. The topological polar surface area (TPSA) is 42.4 Å². The van der Waals surface area contributed by atoms with Gasteiger partial charge in [-0.25, -0.2) is 0 Å². The molecule has 4 nitrogen and oxygen atoms in total. The maximum atomic E-state index is 12.6. The number of ether oxygens (including phenoxy) is 1. The minimum Gasteiger partial charge on any atom is -0.494 e. The van der Waals surface area contributed by atoms with Crippen LogP contribution in [0.5, 0.6) is 5.75 Å². The standard InChI is InChI=1S/C18H22N2O2/c1-22-17-8-7-14(15-6-5-10-19-18(15)17)16(21)9-13-20-11-3-2-4-12-20/h5-8,10H,2-4,9,11-13H2,1H3. The lowest BCUT2D eigenvalue weighted by Gasteiger charge is -2.26. The number of nitrogens with zero attached hydrogens (tertiary/aromatic N) is 2. The summed E-state index contributed by atoms with van der Waals surface area (Å²) in [6, 6.07) is 7.51. The Morgan fingerprint density at radius 3 is 2.82 bits per heavy atom. The van der Waals surface area contributed by atoms with Gasteiger partial charge in [-0.1, -0.05) is 12.5 Å². The molecule has 0 unspecified atom stereocenters. The van der Waals surface area contributed by atoms with E-state index < -0.39 is 0 Å². The largest absolute Gasteiger partial charge is 0.494 e. The highest BCUT2D eigenvalue weighted by atomic mass is 16.5. The number of ketones is 1. The van der Waals surface area contributed by atoms with Crippen LogP contribution in [-0.4, -0.2) is 42.4 Å². The molecule has 0 aliphatic carbocycles. The van der Waals surface area contributed by atoms with Crippen molar-refractivity contribution in [3.63, 3.8) is 0 Å². The molecule has 0 radical (unpaired) electrons. The van der Waals surface area contributed by atoms with Crippen LogP contribution in [0.4, 0.5) is 0 Å². The number of Topliss-reactive ketones (excluding diaryl/α,β-unsaturated/α-hetero) is 1. The molecule has 0 spiro atoms. The highest BCUT2D eigenvalue weighted by molar-refractivity contribution is 6.08. The van der Waals surface area contributed by atoms with E-state index in [4.69, 9.17) is 4.74 Å². The number of fused-ring (bicyclic) bond motifs is 1. The molecule has 3 rings (SSSR count). The van der Waals surface area contributed by atoms with Gasteiger partial charge in [0.15, 0.2) is 5.78 Å². The summed E-state index contributed by atoms with van der Waals surface area (Å²) in [6.45, 7) is 3.10. The van der Waals surface area contributed by atoms with Gasteiger partial charge in [0, 0.05) is 30.1 Å². The molecular weight excluding hydrogens is 276 g/mol. The third kappa shape index (κ3) is 3.12. The van der Waals surface area contributed by atoms with Crippen molar-refractivity contribution in [2.24, 2.45) is 0 Å². The van der Waals surface area contributed by atoms with Crippen LogP contribution in [0.1, 0.15) is 36.0 Å². The van der Waals surface area contributed by atoms with Crippen LogP contribution < -0.4 is 4.74 Å². The summed E-state index contributed by atoms with van der Waals surface area (Å²) >= 11 is 0. The van der Waals surface area contributed by atoms with Crippen LogP contribution in [0, 0.1) is 0 Å². The number of pyridine rings is 1. The van der Waals surface area contributed by atoms with E-state index in [1.807, 2.05) is 24.3 Å². The van der Waals surface area contributed by atoms with Gasteiger partial charge in [0.05, 0.1) is 7.11 Å². The summed E-state index contributed by atoms with van der Waals surface area (Å²) in [7, 11) is 1.63. The van der Waals surface area contributed by atoms with E-state index >= 15 is 0 Å². The molecule has 4 heteroatoms. The molecule has 1 aromatic carbocycles. The number of carbonyl (C=O) groups is 1. The lowest BCUT2D eigenvalue weighted by molar-refractivity contribution is 0.0960. The van der Waals surface area contributed by atoms with E-state index in [-0.39, 0.29) is 5.78 Å². The molecule has 0 N–H and O–H groups in total. The van der Waals surface area contributed by atoms with Crippen LogP contribution in [0.3, 0.4) is 0 Å². The molecule has 2 heterocycles. The van der Waals surface area contributed by atoms with Gasteiger partial charge in [-0.2, -0.15) is 0 Å². The average Bonchev–Trinajstić information content (AvgIpc) is 2.59.